The fraction of sp³-hybridized carbons (Fsp3) is 0.571. The zero-order valence-corrected chi connectivity index (χ0v) is 11.3. The molecular formula is C14H20ClNO. The van der Waals surface area contributed by atoms with Gasteiger partial charge in [0, 0.05) is 23.0 Å². The van der Waals surface area contributed by atoms with Gasteiger partial charge >= 0.3 is 0 Å². The number of ether oxygens (including phenoxy) is 1. The number of hydrogen-bond acceptors (Lipinski definition) is 2. The molecule has 1 aromatic carbocycles. The Balaban J connectivity index is 2.35. The van der Waals surface area contributed by atoms with Gasteiger partial charge < -0.3 is 10.5 Å². The van der Waals surface area contributed by atoms with Crippen LogP contribution in [0.2, 0.25) is 5.02 Å². The summed E-state index contributed by atoms with van der Waals surface area (Å²) in [7, 11) is 0. The van der Waals surface area contributed by atoms with Gasteiger partial charge in [0.05, 0.1) is 0 Å². The van der Waals surface area contributed by atoms with Gasteiger partial charge in [-0.15, -0.1) is 0 Å². The molecule has 1 aromatic rings. The van der Waals surface area contributed by atoms with E-state index in [1.165, 1.54) is 0 Å². The SMILES string of the molecule is CCCC1(CC)C[C@@H](N)c2cc(Cl)ccc2O1. The molecule has 2 N–H and O–H groups in total. The van der Waals surface area contributed by atoms with E-state index in [-0.39, 0.29) is 11.6 Å². The van der Waals surface area contributed by atoms with Crippen molar-refractivity contribution < 1.29 is 4.74 Å². The molecular weight excluding hydrogens is 234 g/mol. The quantitative estimate of drug-likeness (QED) is 0.881. The van der Waals surface area contributed by atoms with E-state index in [1.54, 1.807) is 0 Å². The molecule has 0 radical (unpaired) electrons. The number of halogens is 1. The van der Waals surface area contributed by atoms with Crippen molar-refractivity contribution >= 4 is 11.6 Å². The van der Waals surface area contributed by atoms with Gasteiger partial charge in [0.1, 0.15) is 11.4 Å². The van der Waals surface area contributed by atoms with Gasteiger partial charge in [-0.2, -0.15) is 0 Å². The van der Waals surface area contributed by atoms with Crippen molar-refractivity contribution in [3.05, 3.63) is 28.8 Å². The van der Waals surface area contributed by atoms with E-state index < -0.39 is 0 Å². The number of benzene rings is 1. The summed E-state index contributed by atoms with van der Waals surface area (Å²) >= 11 is 6.00. The first-order valence-electron chi connectivity index (χ1n) is 6.34. The van der Waals surface area contributed by atoms with Gasteiger partial charge in [-0.25, -0.2) is 0 Å². The Labute approximate surface area is 108 Å². The van der Waals surface area contributed by atoms with Crippen LogP contribution in [0.4, 0.5) is 0 Å². The van der Waals surface area contributed by atoms with Crippen molar-refractivity contribution in [2.45, 2.75) is 51.2 Å². The van der Waals surface area contributed by atoms with E-state index in [9.17, 15) is 0 Å². The van der Waals surface area contributed by atoms with Gasteiger partial charge in [0.15, 0.2) is 0 Å². The summed E-state index contributed by atoms with van der Waals surface area (Å²) < 4.78 is 6.20. The molecule has 1 unspecified atom stereocenters. The van der Waals surface area contributed by atoms with Gasteiger partial charge in [0.25, 0.3) is 0 Å². The van der Waals surface area contributed by atoms with Crippen LogP contribution in [0.1, 0.15) is 51.1 Å². The average molecular weight is 254 g/mol. The molecule has 2 atom stereocenters. The van der Waals surface area contributed by atoms with Crippen molar-refractivity contribution in [3.8, 4) is 5.75 Å². The highest BCUT2D eigenvalue weighted by atomic mass is 35.5. The monoisotopic (exact) mass is 253 g/mol. The van der Waals surface area contributed by atoms with Crippen molar-refractivity contribution in [2.24, 2.45) is 5.73 Å². The zero-order valence-electron chi connectivity index (χ0n) is 10.5. The normalized spacial score (nSPS) is 27.4. The lowest BCUT2D eigenvalue weighted by Gasteiger charge is -2.41. The van der Waals surface area contributed by atoms with Crippen LogP contribution in [0.3, 0.4) is 0 Å². The molecule has 0 aliphatic carbocycles. The molecule has 1 aliphatic heterocycles. The third-order valence-electron chi connectivity index (χ3n) is 3.64. The van der Waals surface area contributed by atoms with Gasteiger partial charge in [0.2, 0.25) is 0 Å². The molecule has 0 saturated carbocycles. The van der Waals surface area contributed by atoms with Crippen molar-refractivity contribution in [3.63, 3.8) is 0 Å². The predicted octanol–water partition coefficient (Wildman–Crippen LogP) is 4.07. The summed E-state index contributed by atoms with van der Waals surface area (Å²) in [5.41, 5.74) is 7.21. The lowest BCUT2D eigenvalue weighted by molar-refractivity contribution is 0.0230. The number of rotatable bonds is 3. The highest BCUT2D eigenvalue weighted by Gasteiger charge is 2.37. The minimum atomic E-state index is -0.0883. The molecule has 17 heavy (non-hydrogen) atoms. The number of hydrogen-bond donors (Lipinski definition) is 1. The summed E-state index contributed by atoms with van der Waals surface area (Å²) in [5.74, 6) is 0.906. The van der Waals surface area contributed by atoms with E-state index in [4.69, 9.17) is 22.1 Å². The fourth-order valence-electron chi connectivity index (χ4n) is 2.69. The van der Waals surface area contributed by atoms with Crippen molar-refractivity contribution in [1.29, 1.82) is 0 Å². The Morgan fingerprint density at radius 2 is 2.24 bits per heavy atom. The predicted molar refractivity (Wildman–Crippen MR) is 71.6 cm³/mol. The van der Waals surface area contributed by atoms with Gasteiger partial charge in [-0.1, -0.05) is 31.9 Å². The molecule has 0 fully saturated rings. The molecule has 0 amide bonds. The van der Waals surface area contributed by atoms with E-state index >= 15 is 0 Å². The van der Waals surface area contributed by atoms with Crippen LogP contribution >= 0.6 is 11.6 Å². The van der Waals surface area contributed by atoms with Crippen LogP contribution in [-0.2, 0) is 0 Å². The molecule has 0 saturated heterocycles. The molecule has 2 nitrogen and oxygen atoms in total. The van der Waals surface area contributed by atoms with Crippen molar-refractivity contribution in [1.82, 2.24) is 0 Å². The summed E-state index contributed by atoms with van der Waals surface area (Å²) in [6, 6.07) is 5.76. The summed E-state index contributed by atoms with van der Waals surface area (Å²) in [6.07, 6.45) is 4.05. The molecule has 3 heteroatoms. The van der Waals surface area contributed by atoms with E-state index in [1.807, 2.05) is 18.2 Å². The Hall–Kier alpha value is -0.730. The standard InChI is InChI=1S/C14H20ClNO/c1-3-7-14(4-2)9-12(16)11-8-10(15)5-6-13(11)17-14/h5-6,8,12H,3-4,7,9,16H2,1-2H3/t12-,14?/m1/s1. The Kier molecular flexibility index (Phi) is 3.64. The molecule has 1 aliphatic rings. The maximum absolute atomic E-state index is 6.26. The lowest BCUT2D eigenvalue weighted by atomic mass is 9.83. The van der Waals surface area contributed by atoms with Crippen molar-refractivity contribution in [2.75, 3.05) is 0 Å². The first kappa shape index (κ1) is 12.7. The molecule has 0 bridgehead atoms. The minimum absolute atomic E-state index is 0.0314. The summed E-state index contributed by atoms with van der Waals surface area (Å²) in [5, 5.41) is 0.724. The van der Waals surface area contributed by atoms with Crippen LogP contribution < -0.4 is 10.5 Å². The average Bonchev–Trinajstić information content (AvgIpc) is 2.31. The summed E-state index contributed by atoms with van der Waals surface area (Å²) in [4.78, 5) is 0. The molecule has 0 aromatic heterocycles. The van der Waals surface area contributed by atoms with Crippen LogP contribution in [0.5, 0.6) is 5.75 Å². The van der Waals surface area contributed by atoms with Crippen LogP contribution in [0.15, 0.2) is 18.2 Å². The topological polar surface area (TPSA) is 35.2 Å². The second kappa shape index (κ2) is 4.87. The van der Waals surface area contributed by atoms with E-state index in [0.29, 0.717) is 0 Å². The minimum Gasteiger partial charge on any atom is -0.487 e. The smallest absolute Gasteiger partial charge is 0.125 e. The third kappa shape index (κ3) is 2.43. The second-order valence-corrected chi connectivity index (χ2v) is 5.32. The number of fused-ring (bicyclic) bond motifs is 1. The first-order chi connectivity index (χ1) is 8.10. The Morgan fingerprint density at radius 1 is 1.47 bits per heavy atom. The lowest BCUT2D eigenvalue weighted by Crippen LogP contribution is -2.42. The highest BCUT2D eigenvalue weighted by Crippen LogP contribution is 2.42. The Morgan fingerprint density at radius 3 is 2.88 bits per heavy atom. The largest absolute Gasteiger partial charge is 0.487 e. The van der Waals surface area contributed by atoms with E-state index in [2.05, 4.69) is 13.8 Å². The first-order valence-corrected chi connectivity index (χ1v) is 6.72. The fourth-order valence-corrected chi connectivity index (χ4v) is 2.87. The van der Waals surface area contributed by atoms with E-state index in [0.717, 1.165) is 42.0 Å². The molecule has 0 spiro atoms. The maximum atomic E-state index is 6.26. The maximum Gasteiger partial charge on any atom is 0.125 e. The van der Waals surface area contributed by atoms with Gasteiger partial charge in [-0.3, -0.25) is 0 Å². The Bertz CT molecular complexity index is 407. The van der Waals surface area contributed by atoms with Crippen LogP contribution in [0, 0.1) is 0 Å². The third-order valence-corrected chi connectivity index (χ3v) is 3.87. The molecule has 94 valence electrons. The van der Waals surface area contributed by atoms with Crippen LogP contribution in [0.25, 0.3) is 0 Å². The van der Waals surface area contributed by atoms with Crippen LogP contribution in [-0.4, -0.2) is 5.60 Å². The molecule has 2 rings (SSSR count). The zero-order chi connectivity index (χ0) is 12.5. The van der Waals surface area contributed by atoms with Gasteiger partial charge in [-0.05, 0) is 31.0 Å². The second-order valence-electron chi connectivity index (χ2n) is 4.88. The highest BCUT2D eigenvalue weighted by molar-refractivity contribution is 6.30. The summed E-state index contributed by atoms with van der Waals surface area (Å²) in [6.45, 7) is 4.35. The number of nitrogens with two attached hydrogens (primary N) is 1. The molecule has 1 heterocycles.